The van der Waals surface area contributed by atoms with Crippen LogP contribution < -0.4 is 0 Å². The van der Waals surface area contributed by atoms with Gasteiger partial charge < -0.3 is 0 Å². The van der Waals surface area contributed by atoms with Gasteiger partial charge in [0.25, 0.3) is 0 Å². The zero-order chi connectivity index (χ0) is 9.14. The molecule has 0 heterocycles. The van der Waals surface area contributed by atoms with Gasteiger partial charge in [-0.25, -0.2) is 0 Å². The highest BCUT2D eigenvalue weighted by molar-refractivity contribution is 14.1. The van der Waals surface area contributed by atoms with Crippen molar-refractivity contribution in [1.29, 1.82) is 0 Å². The van der Waals surface area contributed by atoms with Crippen molar-refractivity contribution >= 4 is 44.3 Å². The topological polar surface area (TPSA) is 17.1 Å². The normalized spacial score (nSPS) is 9.92. The number of ketones is 1. The summed E-state index contributed by atoms with van der Waals surface area (Å²) < 4.78 is 1.99. The number of Topliss-reactive ketones (excluding diaryl/α,β-unsaturated/α-hetero) is 1. The summed E-state index contributed by atoms with van der Waals surface area (Å²) >= 11 is 5.70. The fraction of sp³-hybridized carbons (Fsp3) is 0.222. The highest BCUT2D eigenvalue weighted by Crippen LogP contribution is 2.21. The van der Waals surface area contributed by atoms with E-state index in [1.165, 1.54) is 5.56 Å². The SMILES string of the molecule is CC(=O)c1ccc(Br)c(CI)c1. The average Bonchev–Trinajstić information content (AvgIpc) is 2.05. The molecular weight excluding hydrogens is 331 g/mol. The summed E-state index contributed by atoms with van der Waals surface area (Å²) in [6.45, 7) is 1.58. The molecule has 1 rings (SSSR count). The molecule has 0 aliphatic rings. The van der Waals surface area contributed by atoms with Crippen molar-refractivity contribution in [3.05, 3.63) is 33.8 Å². The molecule has 1 nitrogen and oxygen atoms in total. The van der Waals surface area contributed by atoms with E-state index in [1.807, 2.05) is 18.2 Å². The van der Waals surface area contributed by atoms with Crippen LogP contribution in [0.2, 0.25) is 0 Å². The van der Waals surface area contributed by atoms with Crippen LogP contribution in [0.3, 0.4) is 0 Å². The van der Waals surface area contributed by atoms with Crippen molar-refractivity contribution < 1.29 is 4.79 Å². The van der Waals surface area contributed by atoms with Gasteiger partial charge in [-0.15, -0.1) is 0 Å². The second-order valence-electron chi connectivity index (χ2n) is 2.50. The molecule has 1 aromatic rings. The first-order valence-corrected chi connectivity index (χ1v) is 5.82. The van der Waals surface area contributed by atoms with Crippen LogP contribution in [0.4, 0.5) is 0 Å². The quantitative estimate of drug-likeness (QED) is 0.457. The summed E-state index contributed by atoms with van der Waals surface area (Å²) in [5, 5.41) is 0. The van der Waals surface area contributed by atoms with Gasteiger partial charge in [0.15, 0.2) is 5.78 Å². The molecule has 0 amide bonds. The zero-order valence-electron chi connectivity index (χ0n) is 6.60. The van der Waals surface area contributed by atoms with E-state index in [9.17, 15) is 4.79 Å². The number of carbonyl (C=O) groups excluding carboxylic acids is 1. The molecule has 0 fully saturated rings. The van der Waals surface area contributed by atoms with Gasteiger partial charge >= 0.3 is 0 Å². The molecule has 0 aliphatic heterocycles. The highest BCUT2D eigenvalue weighted by atomic mass is 127. The maximum Gasteiger partial charge on any atom is 0.159 e. The molecule has 0 aliphatic carbocycles. The molecule has 0 N–H and O–H groups in total. The first-order valence-electron chi connectivity index (χ1n) is 3.50. The molecule has 0 aromatic heterocycles. The van der Waals surface area contributed by atoms with E-state index >= 15 is 0 Å². The Balaban J connectivity index is 3.13. The number of benzene rings is 1. The lowest BCUT2D eigenvalue weighted by Gasteiger charge is -2.01. The summed E-state index contributed by atoms with van der Waals surface area (Å²) in [5.41, 5.74) is 1.95. The van der Waals surface area contributed by atoms with Crippen molar-refractivity contribution in [3.63, 3.8) is 0 Å². The minimum atomic E-state index is 0.119. The lowest BCUT2D eigenvalue weighted by atomic mass is 10.1. The Morgan fingerprint density at radius 3 is 2.75 bits per heavy atom. The van der Waals surface area contributed by atoms with E-state index in [0.717, 1.165) is 14.5 Å². The molecule has 0 bridgehead atoms. The van der Waals surface area contributed by atoms with Gasteiger partial charge in [0.2, 0.25) is 0 Å². The van der Waals surface area contributed by atoms with Crippen molar-refractivity contribution in [1.82, 2.24) is 0 Å². The van der Waals surface area contributed by atoms with Gasteiger partial charge in [0, 0.05) is 14.5 Å². The third kappa shape index (κ3) is 2.29. The van der Waals surface area contributed by atoms with E-state index in [4.69, 9.17) is 0 Å². The number of hydrogen-bond acceptors (Lipinski definition) is 1. The molecule has 0 unspecified atom stereocenters. The van der Waals surface area contributed by atoms with Crippen LogP contribution >= 0.6 is 38.5 Å². The number of halogens is 2. The second kappa shape index (κ2) is 4.37. The van der Waals surface area contributed by atoms with E-state index in [0.29, 0.717) is 0 Å². The Hall–Kier alpha value is 0.1000. The molecule has 0 spiro atoms. The minimum Gasteiger partial charge on any atom is -0.295 e. The maximum atomic E-state index is 11.0. The average molecular weight is 339 g/mol. The molecule has 64 valence electrons. The fourth-order valence-corrected chi connectivity index (χ4v) is 2.44. The Morgan fingerprint density at radius 2 is 2.25 bits per heavy atom. The predicted molar refractivity (Wildman–Crippen MR) is 61.9 cm³/mol. The predicted octanol–water partition coefficient (Wildman–Crippen LogP) is 3.59. The molecule has 12 heavy (non-hydrogen) atoms. The van der Waals surface area contributed by atoms with Gasteiger partial charge in [0.1, 0.15) is 0 Å². The van der Waals surface area contributed by atoms with Crippen LogP contribution in [0.15, 0.2) is 22.7 Å². The van der Waals surface area contributed by atoms with Gasteiger partial charge in [-0.05, 0) is 24.6 Å². The van der Waals surface area contributed by atoms with Crippen molar-refractivity contribution in [2.45, 2.75) is 11.4 Å². The third-order valence-electron chi connectivity index (χ3n) is 1.60. The zero-order valence-corrected chi connectivity index (χ0v) is 10.3. The van der Waals surface area contributed by atoms with Crippen LogP contribution in [0.1, 0.15) is 22.8 Å². The largest absolute Gasteiger partial charge is 0.295 e. The Kier molecular flexibility index (Phi) is 3.71. The molecular formula is C9H8BrIO. The summed E-state index contributed by atoms with van der Waals surface area (Å²) in [6.07, 6.45) is 0. The van der Waals surface area contributed by atoms with Crippen LogP contribution in [0.25, 0.3) is 0 Å². The summed E-state index contributed by atoms with van der Waals surface area (Å²) in [7, 11) is 0. The molecule has 0 atom stereocenters. The monoisotopic (exact) mass is 338 g/mol. The van der Waals surface area contributed by atoms with Crippen molar-refractivity contribution in [3.8, 4) is 0 Å². The Labute approximate surface area is 93.8 Å². The molecule has 0 radical (unpaired) electrons. The first-order chi connectivity index (χ1) is 5.65. The second-order valence-corrected chi connectivity index (χ2v) is 4.11. The van der Waals surface area contributed by atoms with Gasteiger partial charge in [-0.1, -0.05) is 44.6 Å². The molecule has 3 heteroatoms. The van der Waals surface area contributed by atoms with Gasteiger partial charge in [0.05, 0.1) is 0 Å². The van der Waals surface area contributed by atoms with E-state index in [2.05, 4.69) is 38.5 Å². The van der Waals surface area contributed by atoms with E-state index in [1.54, 1.807) is 6.92 Å². The Bertz CT molecular complexity index is 309. The van der Waals surface area contributed by atoms with Crippen LogP contribution in [0, 0.1) is 0 Å². The van der Waals surface area contributed by atoms with Crippen LogP contribution in [-0.2, 0) is 4.43 Å². The third-order valence-corrected chi connectivity index (χ3v) is 3.19. The summed E-state index contributed by atoms with van der Waals surface area (Å²) in [6, 6.07) is 5.69. The number of carbonyl (C=O) groups is 1. The Morgan fingerprint density at radius 1 is 1.58 bits per heavy atom. The van der Waals surface area contributed by atoms with Crippen molar-refractivity contribution in [2.24, 2.45) is 0 Å². The van der Waals surface area contributed by atoms with Crippen molar-refractivity contribution in [2.75, 3.05) is 0 Å². The lowest BCUT2D eigenvalue weighted by molar-refractivity contribution is 0.101. The van der Waals surface area contributed by atoms with Gasteiger partial charge in [-0.3, -0.25) is 4.79 Å². The highest BCUT2D eigenvalue weighted by Gasteiger charge is 2.02. The smallest absolute Gasteiger partial charge is 0.159 e. The number of alkyl halides is 1. The minimum absolute atomic E-state index is 0.119. The van der Waals surface area contributed by atoms with E-state index in [-0.39, 0.29) is 5.78 Å². The molecule has 1 aromatic carbocycles. The number of rotatable bonds is 2. The molecule has 0 saturated carbocycles. The summed E-state index contributed by atoms with van der Waals surface area (Å²) in [4.78, 5) is 11.0. The standard InChI is InChI=1S/C9H8BrIO/c1-6(12)7-2-3-9(10)8(4-7)5-11/h2-4H,5H2,1H3. The number of hydrogen-bond donors (Lipinski definition) is 0. The van der Waals surface area contributed by atoms with Gasteiger partial charge in [-0.2, -0.15) is 0 Å². The molecule has 0 saturated heterocycles. The lowest BCUT2D eigenvalue weighted by Crippen LogP contribution is -1.93. The van der Waals surface area contributed by atoms with E-state index < -0.39 is 0 Å². The van der Waals surface area contributed by atoms with Crippen LogP contribution in [-0.4, -0.2) is 5.78 Å². The fourth-order valence-electron chi connectivity index (χ4n) is 0.896. The summed E-state index contributed by atoms with van der Waals surface area (Å²) in [5.74, 6) is 0.119. The maximum absolute atomic E-state index is 11.0. The van der Waals surface area contributed by atoms with Crippen LogP contribution in [0.5, 0.6) is 0 Å². The first kappa shape index (κ1) is 10.2.